The second kappa shape index (κ2) is 6.15. The standard InChI is InChI=1S/C19H17FN6O/c20-13-5-7-24(10-13)18-4-3-15(9-22-18)26-11-16-17(23-26)12-25(19(16)27)14-2-1-6-21-8-14/h1-4,6,8-9,11,13H,5,7,10,12H2. The van der Waals surface area contributed by atoms with Crippen LogP contribution in [0.1, 0.15) is 22.5 Å². The summed E-state index contributed by atoms with van der Waals surface area (Å²) in [4.78, 5) is 24.8. The number of carbonyl (C=O) groups is 1. The second-order valence-corrected chi connectivity index (χ2v) is 6.74. The van der Waals surface area contributed by atoms with Crippen LogP contribution >= 0.6 is 0 Å². The normalized spacial score (nSPS) is 19.0. The van der Waals surface area contributed by atoms with Crippen LogP contribution in [0.2, 0.25) is 0 Å². The van der Waals surface area contributed by atoms with E-state index in [-0.39, 0.29) is 5.91 Å². The van der Waals surface area contributed by atoms with Gasteiger partial charge in [0.05, 0.1) is 48.1 Å². The van der Waals surface area contributed by atoms with E-state index in [0.717, 1.165) is 22.9 Å². The zero-order valence-electron chi connectivity index (χ0n) is 14.5. The Balaban J connectivity index is 1.37. The van der Waals surface area contributed by atoms with Gasteiger partial charge in [0, 0.05) is 18.9 Å². The third-order valence-corrected chi connectivity index (χ3v) is 4.98. The molecule has 1 unspecified atom stereocenters. The lowest BCUT2D eigenvalue weighted by atomic mass is 10.3. The molecule has 2 aliphatic rings. The van der Waals surface area contributed by atoms with Crippen LogP contribution in [0.25, 0.3) is 5.69 Å². The maximum Gasteiger partial charge on any atom is 0.262 e. The van der Waals surface area contributed by atoms with E-state index in [0.29, 0.717) is 31.6 Å². The first-order valence-electron chi connectivity index (χ1n) is 8.85. The van der Waals surface area contributed by atoms with Crippen molar-refractivity contribution < 1.29 is 9.18 Å². The molecule has 0 bridgehead atoms. The Bertz CT molecular complexity index is 987. The number of rotatable bonds is 3. The number of pyridine rings is 2. The molecule has 3 aromatic rings. The van der Waals surface area contributed by atoms with E-state index in [1.54, 1.807) is 40.4 Å². The lowest BCUT2D eigenvalue weighted by Gasteiger charge is -2.16. The first-order chi connectivity index (χ1) is 13.2. The minimum Gasteiger partial charge on any atom is -0.354 e. The van der Waals surface area contributed by atoms with Crippen LogP contribution in [0.4, 0.5) is 15.9 Å². The van der Waals surface area contributed by atoms with Gasteiger partial charge in [-0.3, -0.25) is 9.78 Å². The van der Waals surface area contributed by atoms with Crippen LogP contribution in [-0.2, 0) is 6.54 Å². The molecular formula is C19H17FN6O. The smallest absolute Gasteiger partial charge is 0.262 e. The predicted octanol–water partition coefficient (Wildman–Crippen LogP) is 2.37. The van der Waals surface area contributed by atoms with Crippen LogP contribution in [-0.4, -0.2) is 44.9 Å². The second-order valence-electron chi connectivity index (χ2n) is 6.74. The zero-order chi connectivity index (χ0) is 18.4. The maximum absolute atomic E-state index is 13.4. The Hall–Kier alpha value is -3.29. The zero-order valence-corrected chi connectivity index (χ0v) is 14.5. The molecule has 0 aromatic carbocycles. The summed E-state index contributed by atoms with van der Waals surface area (Å²) in [5.41, 5.74) is 2.84. The van der Waals surface area contributed by atoms with Gasteiger partial charge in [0.25, 0.3) is 5.91 Å². The van der Waals surface area contributed by atoms with Crippen LogP contribution in [0, 0.1) is 0 Å². The Morgan fingerprint density at radius 1 is 1.15 bits per heavy atom. The molecule has 1 amide bonds. The number of nitrogens with zero attached hydrogens (tertiary/aromatic N) is 6. The fourth-order valence-electron chi connectivity index (χ4n) is 3.55. The molecule has 3 aromatic heterocycles. The maximum atomic E-state index is 13.4. The van der Waals surface area contributed by atoms with E-state index in [9.17, 15) is 9.18 Å². The highest BCUT2D eigenvalue weighted by molar-refractivity contribution is 6.09. The van der Waals surface area contributed by atoms with E-state index in [2.05, 4.69) is 15.1 Å². The minimum absolute atomic E-state index is 0.0834. The van der Waals surface area contributed by atoms with Crippen molar-refractivity contribution in [2.75, 3.05) is 22.9 Å². The van der Waals surface area contributed by atoms with Gasteiger partial charge in [-0.25, -0.2) is 14.1 Å². The summed E-state index contributed by atoms with van der Waals surface area (Å²) >= 11 is 0. The molecule has 27 heavy (non-hydrogen) atoms. The molecule has 1 fully saturated rings. The average Bonchev–Trinajstić information content (AvgIpc) is 3.39. The van der Waals surface area contributed by atoms with Crippen molar-refractivity contribution in [3.8, 4) is 5.69 Å². The van der Waals surface area contributed by atoms with Gasteiger partial charge in [-0.2, -0.15) is 5.10 Å². The van der Waals surface area contributed by atoms with E-state index in [1.165, 1.54) is 0 Å². The molecule has 0 spiro atoms. The number of aromatic nitrogens is 4. The molecule has 0 aliphatic carbocycles. The average molecular weight is 364 g/mol. The SMILES string of the molecule is O=C1c2cn(-c3ccc(N4CCC(F)C4)nc3)nc2CN1c1cccnc1. The number of hydrogen-bond donors (Lipinski definition) is 0. The molecule has 2 aliphatic heterocycles. The molecular weight excluding hydrogens is 347 g/mol. The Labute approximate surface area is 155 Å². The van der Waals surface area contributed by atoms with Gasteiger partial charge in [-0.15, -0.1) is 0 Å². The highest BCUT2D eigenvalue weighted by Crippen LogP contribution is 2.28. The Morgan fingerprint density at radius 3 is 2.74 bits per heavy atom. The summed E-state index contributed by atoms with van der Waals surface area (Å²) in [7, 11) is 0. The molecule has 0 saturated carbocycles. The number of anilines is 2. The molecule has 0 radical (unpaired) electrons. The summed E-state index contributed by atoms with van der Waals surface area (Å²) in [6, 6.07) is 7.41. The molecule has 5 rings (SSSR count). The van der Waals surface area contributed by atoms with E-state index in [4.69, 9.17) is 0 Å². The first kappa shape index (κ1) is 15.9. The number of hydrogen-bond acceptors (Lipinski definition) is 5. The van der Waals surface area contributed by atoms with E-state index < -0.39 is 6.17 Å². The van der Waals surface area contributed by atoms with Crippen molar-refractivity contribution in [2.24, 2.45) is 0 Å². The fourth-order valence-corrected chi connectivity index (χ4v) is 3.55. The largest absolute Gasteiger partial charge is 0.354 e. The molecule has 7 nitrogen and oxygen atoms in total. The summed E-state index contributed by atoms with van der Waals surface area (Å²) < 4.78 is 15.0. The van der Waals surface area contributed by atoms with Crippen molar-refractivity contribution in [1.82, 2.24) is 19.7 Å². The van der Waals surface area contributed by atoms with Gasteiger partial charge >= 0.3 is 0 Å². The highest BCUT2D eigenvalue weighted by atomic mass is 19.1. The van der Waals surface area contributed by atoms with Gasteiger partial charge in [0.2, 0.25) is 0 Å². The third-order valence-electron chi connectivity index (χ3n) is 4.98. The van der Waals surface area contributed by atoms with E-state index in [1.807, 2.05) is 23.1 Å². The summed E-state index contributed by atoms with van der Waals surface area (Å²) in [5, 5.41) is 4.55. The molecule has 0 N–H and O–H groups in total. The predicted molar refractivity (Wildman–Crippen MR) is 97.8 cm³/mol. The van der Waals surface area contributed by atoms with Gasteiger partial charge in [-0.1, -0.05) is 0 Å². The quantitative estimate of drug-likeness (QED) is 0.714. The third kappa shape index (κ3) is 2.73. The number of alkyl halides is 1. The molecule has 1 saturated heterocycles. The van der Waals surface area contributed by atoms with Crippen molar-refractivity contribution in [2.45, 2.75) is 19.1 Å². The Kier molecular flexibility index (Phi) is 3.63. The molecule has 5 heterocycles. The molecule has 1 atom stereocenters. The van der Waals surface area contributed by atoms with Gasteiger partial charge in [0.15, 0.2) is 0 Å². The number of carbonyl (C=O) groups excluding carboxylic acids is 1. The lowest BCUT2D eigenvalue weighted by Crippen LogP contribution is -2.24. The van der Waals surface area contributed by atoms with Crippen molar-refractivity contribution in [3.05, 3.63) is 60.3 Å². The monoisotopic (exact) mass is 364 g/mol. The minimum atomic E-state index is -0.783. The van der Waals surface area contributed by atoms with E-state index >= 15 is 0 Å². The molecule has 136 valence electrons. The first-order valence-corrected chi connectivity index (χ1v) is 8.85. The fraction of sp³-hybridized carbons (Fsp3) is 0.263. The van der Waals surface area contributed by atoms with Crippen molar-refractivity contribution in [3.63, 3.8) is 0 Å². The van der Waals surface area contributed by atoms with Gasteiger partial charge < -0.3 is 9.80 Å². The molecule has 8 heteroatoms. The van der Waals surface area contributed by atoms with Crippen molar-refractivity contribution >= 4 is 17.4 Å². The Morgan fingerprint density at radius 2 is 2.07 bits per heavy atom. The van der Waals surface area contributed by atoms with Crippen LogP contribution in [0.3, 0.4) is 0 Å². The number of amides is 1. The highest BCUT2D eigenvalue weighted by Gasteiger charge is 2.32. The summed E-state index contributed by atoms with van der Waals surface area (Å²) in [6.45, 7) is 1.49. The van der Waals surface area contributed by atoms with Crippen LogP contribution in [0.5, 0.6) is 0 Å². The summed E-state index contributed by atoms with van der Waals surface area (Å²) in [5.74, 6) is 0.678. The lowest BCUT2D eigenvalue weighted by molar-refractivity contribution is 0.0996. The topological polar surface area (TPSA) is 67.2 Å². The van der Waals surface area contributed by atoms with Gasteiger partial charge in [0.1, 0.15) is 12.0 Å². The number of halogens is 1. The van der Waals surface area contributed by atoms with Gasteiger partial charge in [-0.05, 0) is 30.7 Å². The van der Waals surface area contributed by atoms with Crippen LogP contribution < -0.4 is 9.80 Å². The van der Waals surface area contributed by atoms with Crippen molar-refractivity contribution in [1.29, 1.82) is 0 Å². The summed E-state index contributed by atoms with van der Waals surface area (Å²) in [6.07, 6.45) is 6.54. The number of fused-ring (bicyclic) bond motifs is 1. The van der Waals surface area contributed by atoms with Crippen LogP contribution in [0.15, 0.2) is 49.1 Å².